The van der Waals surface area contributed by atoms with Gasteiger partial charge in [0.15, 0.2) is 0 Å². The van der Waals surface area contributed by atoms with Crippen molar-refractivity contribution in [1.82, 2.24) is 15.3 Å². The largest absolute Gasteiger partial charge is 0.371 e. The van der Waals surface area contributed by atoms with Gasteiger partial charge in [-0.1, -0.05) is 32.9 Å². The molecule has 8 nitrogen and oxygen atoms in total. The Kier molecular flexibility index (Phi) is 5.41. The summed E-state index contributed by atoms with van der Waals surface area (Å²) in [4.78, 5) is 21.2. The molecule has 2 aliphatic rings. The van der Waals surface area contributed by atoms with E-state index in [9.17, 15) is 4.79 Å². The topological polar surface area (TPSA) is 109 Å². The molecule has 0 unspecified atom stereocenters. The number of ether oxygens (including phenoxy) is 2. The summed E-state index contributed by atoms with van der Waals surface area (Å²) >= 11 is 0. The molecule has 2 aliphatic heterocycles. The number of nitrogens with one attached hydrogen (secondary N) is 2. The van der Waals surface area contributed by atoms with Crippen LogP contribution in [0, 0.1) is 16.7 Å². The molecule has 156 valence electrons. The molecule has 4 atom stereocenters. The van der Waals surface area contributed by atoms with E-state index in [1.807, 2.05) is 32.9 Å². The van der Waals surface area contributed by atoms with E-state index in [1.54, 1.807) is 24.4 Å². The molecule has 3 heterocycles. The molecule has 2 fully saturated rings. The molecule has 0 bridgehead atoms. The number of carbonyl (C=O) groups is 1. The van der Waals surface area contributed by atoms with E-state index >= 15 is 0 Å². The van der Waals surface area contributed by atoms with E-state index in [0.717, 1.165) is 11.3 Å². The molecular weight excluding hydrogens is 382 g/mol. The number of hydrogen-bond acceptors (Lipinski definition) is 7. The van der Waals surface area contributed by atoms with Crippen LogP contribution in [0.3, 0.4) is 0 Å². The second-order valence-corrected chi connectivity index (χ2v) is 8.63. The van der Waals surface area contributed by atoms with Gasteiger partial charge in [0, 0.05) is 17.2 Å². The van der Waals surface area contributed by atoms with Crippen molar-refractivity contribution < 1.29 is 14.3 Å². The van der Waals surface area contributed by atoms with Crippen molar-refractivity contribution >= 4 is 11.9 Å². The van der Waals surface area contributed by atoms with Crippen LogP contribution >= 0.6 is 0 Å². The fourth-order valence-electron chi connectivity index (χ4n) is 3.63. The highest BCUT2D eigenvalue weighted by Crippen LogP contribution is 2.29. The molecule has 0 saturated carbocycles. The van der Waals surface area contributed by atoms with Gasteiger partial charge < -0.3 is 20.1 Å². The smallest absolute Gasteiger partial charge is 0.225 e. The zero-order valence-corrected chi connectivity index (χ0v) is 17.3. The highest BCUT2D eigenvalue weighted by atomic mass is 16.6. The number of nitrogens with zero attached hydrogens (tertiary/aromatic N) is 3. The molecule has 1 amide bonds. The van der Waals surface area contributed by atoms with Crippen molar-refractivity contribution in [2.24, 2.45) is 5.41 Å². The minimum absolute atomic E-state index is 0.0209. The van der Waals surface area contributed by atoms with Crippen molar-refractivity contribution in [3.63, 3.8) is 0 Å². The average Bonchev–Trinajstić information content (AvgIpc) is 3.31. The Morgan fingerprint density at radius 2 is 1.90 bits per heavy atom. The van der Waals surface area contributed by atoms with Crippen LogP contribution in [0.15, 0.2) is 36.5 Å². The van der Waals surface area contributed by atoms with Gasteiger partial charge in [0.05, 0.1) is 42.6 Å². The molecule has 0 radical (unpaired) electrons. The molecule has 0 aliphatic carbocycles. The van der Waals surface area contributed by atoms with Crippen LogP contribution in [-0.4, -0.2) is 53.4 Å². The summed E-state index contributed by atoms with van der Waals surface area (Å²) in [6.07, 6.45) is 1.28. The van der Waals surface area contributed by atoms with E-state index in [1.165, 1.54) is 0 Å². The van der Waals surface area contributed by atoms with Crippen LogP contribution in [0.25, 0.3) is 11.3 Å². The maximum Gasteiger partial charge on any atom is 0.225 e. The number of carbonyl (C=O) groups excluding carboxylic acids is 1. The molecule has 2 N–H and O–H groups in total. The van der Waals surface area contributed by atoms with E-state index < -0.39 is 5.41 Å². The van der Waals surface area contributed by atoms with Gasteiger partial charge >= 0.3 is 0 Å². The fourth-order valence-corrected chi connectivity index (χ4v) is 3.63. The SMILES string of the molecule is CC(C)(C)C(=O)N[C@H]1CO[C@H]2[C@@H]1OC[C@@H]2Nc1nccc(-c2cccc(C#N)c2)n1. The maximum atomic E-state index is 12.3. The lowest BCUT2D eigenvalue weighted by Gasteiger charge is -2.23. The lowest BCUT2D eigenvalue weighted by Crippen LogP contribution is -2.48. The van der Waals surface area contributed by atoms with Crippen molar-refractivity contribution in [3.8, 4) is 17.3 Å². The third kappa shape index (κ3) is 4.13. The third-order valence-electron chi connectivity index (χ3n) is 5.31. The Bertz CT molecular complexity index is 981. The van der Waals surface area contributed by atoms with Crippen molar-refractivity contribution in [2.45, 2.75) is 45.1 Å². The van der Waals surface area contributed by atoms with Gasteiger partial charge in [-0.15, -0.1) is 0 Å². The average molecular weight is 407 g/mol. The number of fused-ring (bicyclic) bond motifs is 1. The molecular formula is C22H25N5O3. The number of anilines is 1. The third-order valence-corrected chi connectivity index (χ3v) is 5.31. The molecule has 1 aromatic carbocycles. The normalized spacial score (nSPS) is 25.4. The van der Waals surface area contributed by atoms with Gasteiger partial charge in [0.2, 0.25) is 11.9 Å². The maximum absolute atomic E-state index is 12.3. The first-order valence-electron chi connectivity index (χ1n) is 9.99. The van der Waals surface area contributed by atoms with Crippen LogP contribution in [-0.2, 0) is 14.3 Å². The first-order chi connectivity index (χ1) is 14.3. The number of aromatic nitrogens is 2. The summed E-state index contributed by atoms with van der Waals surface area (Å²) in [7, 11) is 0. The quantitative estimate of drug-likeness (QED) is 0.799. The fraction of sp³-hybridized carbons (Fsp3) is 0.455. The van der Waals surface area contributed by atoms with Crippen molar-refractivity contribution in [3.05, 3.63) is 42.1 Å². The molecule has 4 rings (SSSR count). The summed E-state index contributed by atoms with van der Waals surface area (Å²) in [5.74, 6) is 0.447. The highest BCUT2D eigenvalue weighted by Gasteiger charge is 2.48. The van der Waals surface area contributed by atoms with Gasteiger partial charge in [0.1, 0.15) is 12.2 Å². The Balaban J connectivity index is 1.44. The van der Waals surface area contributed by atoms with Gasteiger partial charge in [-0.05, 0) is 18.2 Å². The highest BCUT2D eigenvalue weighted by molar-refractivity contribution is 5.81. The number of hydrogen-bond donors (Lipinski definition) is 2. The van der Waals surface area contributed by atoms with Crippen LogP contribution in [0.5, 0.6) is 0 Å². The number of nitriles is 1. The molecule has 2 aromatic rings. The minimum Gasteiger partial charge on any atom is -0.371 e. The Hall–Kier alpha value is -3.02. The molecule has 2 saturated heterocycles. The summed E-state index contributed by atoms with van der Waals surface area (Å²) < 4.78 is 11.9. The van der Waals surface area contributed by atoms with Gasteiger partial charge in [-0.2, -0.15) is 5.26 Å². The second-order valence-electron chi connectivity index (χ2n) is 8.63. The first-order valence-corrected chi connectivity index (χ1v) is 9.99. The predicted molar refractivity (Wildman–Crippen MR) is 110 cm³/mol. The number of benzene rings is 1. The second kappa shape index (κ2) is 8.01. The standard InChI is InChI=1S/C22H25N5O3/c1-22(2,3)20(28)25-16-11-29-19-17(12-30-18(16)19)27-21-24-8-7-15(26-21)14-6-4-5-13(9-14)10-23/h4-9,16-19H,11-12H2,1-3H3,(H,25,28)(H,24,26,27)/t16-,17-,18+,19+/m0/s1. The van der Waals surface area contributed by atoms with Crippen LogP contribution in [0.1, 0.15) is 26.3 Å². The molecule has 8 heteroatoms. The zero-order valence-electron chi connectivity index (χ0n) is 17.3. The number of amides is 1. The first kappa shape index (κ1) is 20.3. The number of rotatable bonds is 4. The summed E-state index contributed by atoms with van der Waals surface area (Å²) in [6, 6.07) is 10.9. The lowest BCUT2D eigenvalue weighted by atomic mass is 9.94. The van der Waals surface area contributed by atoms with E-state index in [2.05, 4.69) is 26.7 Å². The molecule has 0 spiro atoms. The van der Waals surface area contributed by atoms with Crippen molar-refractivity contribution in [1.29, 1.82) is 5.26 Å². The van der Waals surface area contributed by atoms with E-state index in [4.69, 9.17) is 14.7 Å². The van der Waals surface area contributed by atoms with Gasteiger partial charge in [-0.3, -0.25) is 4.79 Å². The Labute approximate surface area is 175 Å². The Morgan fingerprint density at radius 1 is 1.17 bits per heavy atom. The predicted octanol–water partition coefficient (Wildman–Crippen LogP) is 2.12. The van der Waals surface area contributed by atoms with E-state index in [-0.39, 0.29) is 30.2 Å². The lowest BCUT2D eigenvalue weighted by molar-refractivity contribution is -0.129. The summed E-state index contributed by atoms with van der Waals surface area (Å²) in [5.41, 5.74) is 1.69. The molecule has 1 aromatic heterocycles. The van der Waals surface area contributed by atoms with Crippen LogP contribution in [0.4, 0.5) is 5.95 Å². The van der Waals surface area contributed by atoms with Crippen molar-refractivity contribution in [2.75, 3.05) is 18.5 Å². The minimum atomic E-state index is -0.467. The summed E-state index contributed by atoms with van der Waals surface area (Å²) in [5, 5.41) is 15.5. The van der Waals surface area contributed by atoms with Gasteiger partial charge in [0.25, 0.3) is 0 Å². The molecule has 30 heavy (non-hydrogen) atoms. The van der Waals surface area contributed by atoms with Crippen LogP contribution in [0.2, 0.25) is 0 Å². The van der Waals surface area contributed by atoms with E-state index in [0.29, 0.717) is 24.7 Å². The van der Waals surface area contributed by atoms with Gasteiger partial charge in [-0.25, -0.2) is 9.97 Å². The van der Waals surface area contributed by atoms with Crippen LogP contribution < -0.4 is 10.6 Å². The zero-order chi connectivity index (χ0) is 21.3. The Morgan fingerprint density at radius 3 is 2.63 bits per heavy atom. The summed E-state index contributed by atoms with van der Waals surface area (Å²) in [6.45, 7) is 6.50. The monoisotopic (exact) mass is 407 g/mol.